The highest BCUT2D eigenvalue weighted by molar-refractivity contribution is 7.88. The second-order valence-corrected chi connectivity index (χ2v) is 11.9. The van der Waals surface area contributed by atoms with Gasteiger partial charge < -0.3 is 14.4 Å². The van der Waals surface area contributed by atoms with Crippen molar-refractivity contribution < 1.29 is 36.0 Å². The van der Waals surface area contributed by atoms with Crippen molar-refractivity contribution in [3.05, 3.63) is 115 Å². The number of halogens is 5. The van der Waals surface area contributed by atoms with E-state index >= 15 is 0 Å². The van der Waals surface area contributed by atoms with Crippen LogP contribution in [0.15, 0.2) is 109 Å². The average Bonchev–Trinajstić information content (AvgIpc) is 3.03. The molecule has 7 nitrogen and oxygen atoms in total. The Labute approximate surface area is 272 Å². The number of phenols is 2. The molecule has 238 valence electrons. The molecule has 0 aliphatic heterocycles. The lowest BCUT2D eigenvalue weighted by atomic mass is 9.99. The summed E-state index contributed by atoms with van der Waals surface area (Å²) >= 11 is 9.53. The summed E-state index contributed by atoms with van der Waals surface area (Å²) in [5.41, 5.74) is 0.431. The lowest BCUT2D eigenvalue weighted by molar-refractivity contribution is -0.0500. The first-order valence-electron chi connectivity index (χ1n) is 13.3. The van der Waals surface area contributed by atoms with Gasteiger partial charge in [-0.1, -0.05) is 42.5 Å². The van der Waals surface area contributed by atoms with Crippen molar-refractivity contribution in [3.63, 3.8) is 0 Å². The lowest BCUT2D eigenvalue weighted by Gasteiger charge is -2.11. The minimum absolute atomic E-state index is 0.194. The predicted molar refractivity (Wildman–Crippen MR) is 175 cm³/mol. The Morgan fingerprint density at radius 3 is 1.74 bits per heavy atom. The molecule has 6 aromatic rings. The first-order chi connectivity index (χ1) is 21.9. The number of nitrogens with zero attached hydrogens (tertiary/aromatic N) is 2. The van der Waals surface area contributed by atoms with Crippen molar-refractivity contribution in [2.24, 2.45) is 0 Å². The normalized spacial score (nSPS) is 11.3. The van der Waals surface area contributed by atoms with E-state index in [1.165, 1.54) is 24.3 Å². The Kier molecular flexibility index (Phi) is 10.9. The molecule has 0 aliphatic rings. The summed E-state index contributed by atoms with van der Waals surface area (Å²) < 4.78 is 63.2. The van der Waals surface area contributed by atoms with Gasteiger partial charge in [-0.05, 0) is 78.2 Å². The first kappa shape index (κ1) is 34.3. The zero-order chi connectivity index (χ0) is 33.5. The summed E-state index contributed by atoms with van der Waals surface area (Å²) in [6, 6.07) is 26.9. The zero-order valence-electron chi connectivity index (χ0n) is 23.9. The van der Waals surface area contributed by atoms with E-state index in [9.17, 15) is 31.8 Å². The fourth-order valence-electron chi connectivity index (χ4n) is 4.44. The summed E-state index contributed by atoms with van der Waals surface area (Å²) in [6.45, 7) is 1.95. The Bertz CT molecular complexity index is 2060. The number of benzene rings is 4. The van der Waals surface area contributed by atoms with Crippen LogP contribution >= 0.6 is 23.2 Å². The molecule has 0 amide bonds. The third-order valence-corrected chi connectivity index (χ3v) is 7.55. The molecule has 0 aliphatic carbocycles. The molecule has 0 unspecified atom stereocenters. The zero-order valence-corrected chi connectivity index (χ0v) is 26.2. The van der Waals surface area contributed by atoms with Crippen LogP contribution in [0, 0.1) is 6.92 Å². The molecule has 2 heterocycles. The van der Waals surface area contributed by atoms with Crippen molar-refractivity contribution in [1.82, 2.24) is 9.97 Å². The standard InChI is InChI=1S/C17H12F3NO3S.C15H11NO2.CH2Cl2/c1-11-4-9-15(16-14(11)3-2-10-21-16)12-5-7-13(8-6-12)24-25(22,23)17(18,19)20;17-11-5-3-10(4-6-11)12-7-8-14(18)13-2-1-9-16-15(12)13;2-1-3/h2-10H,1H3;1-9,17-18H;1H2. The van der Waals surface area contributed by atoms with Gasteiger partial charge >= 0.3 is 15.6 Å². The fourth-order valence-corrected chi connectivity index (χ4v) is 4.90. The Morgan fingerprint density at radius 1 is 0.717 bits per heavy atom. The van der Waals surface area contributed by atoms with Gasteiger partial charge in [-0.15, -0.1) is 23.2 Å². The van der Waals surface area contributed by atoms with Crippen LogP contribution in [0.4, 0.5) is 13.2 Å². The van der Waals surface area contributed by atoms with Crippen LogP contribution in [0.1, 0.15) is 5.56 Å². The molecule has 6 rings (SSSR count). The number of rotatable bonds is 4. The van der Waals surface area contributed by atoms with Gasteiger partial charge in [-0.3, -0.25) is 9.97 Å². The van der Waals surface area contributed by atoms with E-state index in [-0.39, 0.29) is 16.8 Å². The number of phenolic OH excluding ortho intramolecular Hbond substituents is 2. The third kappa shape index (κ3) is 7.97. The average molecular weight is 690 g/mol. The molecule has 2 N–H and O–H groups in total. The highest BCUT2D eigenvalue weighted by Gasteiger charge is 2.48. The van der Waals surface area contributed by atoms with Crippen LogP contribution in [-0.4, -0.2) is 39.4 Å². The summed E-state index contributed by atoms with van der Waals surface area (Å²) in [5, 5.41) is 21.0. The predicted octanol–water partition coefficient (Wildman–Crippen LogP) is 9.17. The molecule has 0 fully saturated rings. The number of fused-ring (bicyclic) bond motifs is 2. The fraction of sp³-hybridized carbons (Fsp3) is 0.0909. The summed E-state index contributed by atoms with van der Waals surface area (Å²) in [4.78, 5) is 8.67. The van der Waals surface area contributed by atoms with Crippen LogP contribution in [0.3, 0.4) is 0 Å². The van der Waals surface area contributed by atoms with Gasteiger partial charge in [-0.2, -0.15) is 21.6 Å². The van der Waals surface area contributed by atoms with E-state index in [0.29, 0.717) is 5.56 Å². The van der Waals surface area contributed by atoms with E-state index in [4.69, 9.17) is 23.2 Å². The van der Waals surface area contributed by atoms with Crippen molar-refractivity contribution in [3.8, 4) is 39.5 Å². The molecule has 0 spiro atoms. The van der Waals surface area contributed by atoms with E-state index in [1.807, 2.05) is 55.5 Å². The van der Waals surface area contributed by atoms with E-state index in [2.05, 4.69) is 14.2 Å². The molecule has 0 saturated heterocycles. The Morgan fingerprint density at radius 2 is 1.20 bits per heavy atom. The van der Waals surface area contributed by atoms with Crippen molar-refractivity contribution in [1.29, 1.82) is 0 Å². The minimum atomic E-state index is -5.68. The van der Waals surface area contributed by atoms with E-state index in [1.54, 1.807) is 36.7 Å². The molecule has 2 aromatic heterocycles. The van der Waals surface area contributed by atoms with Gasteiger partial charge in [0.2, 0.25) is 0 Å². The monoisotopic (exact) mass is 688 g/mol. The van der Waals surface area contributed by atoms with Gasteiger partial charge in [0.15, 0.2) is 0 Å². The minimum Gasteiger partial charge on any atom is -0.508 e. The number of alkyl halides is 5. The van der Waals surface area contributed by atoms with Crippen molar-refractivity contribution in [2.45, 2.75) is 12.4 Å². The summed E-state index contributed by atoms with van der Waals surface area (Å²) in [7, 11) is -5.68. The molecule has 0 bridgehead atoms. The largest absolute Gasteiger partial charge is 0.534 e. The third-order valence-electron chi connectivity index (χ3n) is 6.57. The van der Waals surface area contributed by atoms with Crippen molar-refractivity contribution in [2.75, 3.05) is 5.34 Å². The number of aromatic nitrogens is 2. The van der Waals surface area contributed by atoms with Crippen LogP contribution in [0.2, 0.25) is 0 Å². The van der Waals surface area contributed by atoms with E-state index in [0.717, 1.165) is 44.1 Å². The second-order valence-electron chi connectivity index (χ2n) is 9.52. The van der Waals surface area contributed by atoms with Crippen molar-refractivity contribution >= 4 is 55.1 Å². The SMILES string of the molecule is Cc1ccc(-c2ccc(OS(=O)(=O)C(F)(F)F)cc2)c2ncccc12.ClCCl.Oc1ccc(-c2ccc(O)c3cccnc23)cc1. The molecule has 46 heavy (non-hydrogen) atoms. The maximum atomic E-state index is 12.4. The smallest absolute Gasteiger partial charge is 0.508 e. The first-order valence-corrected chi connectivity index (χ1v) is 15.8. The number of hydrogen-bond donors (Lipinski definition) is 2. The quantitative estimate of drug-likeness (QED) is 0.108. The number of pyridine rings is 2. The molecule has 0 saturated carbocycles. The molecule has 13 heteroatoms. The molecule has 4 aromatic carbocycles. The molecule has 0 radical (unpaired) electrons. The van der Waals surface area contributed by atoms with Gasteiger partial charge in [0.05, 0.1) is 16.4 Å². The highest BCUT2D eigenvalue weighted by atomic mass is 35.5. The molecular weight excluding hydrogens is 664 g/mol. The van der Waals surface area contributed by atoms with Gasteiger partial charge in [0.1, 0.15) is 17.2 Å². The Hall–Kier alpha value is -4.58. The van der Waals surface area contributed by atoms with Gasteiger partial charge in [0.25, 0.3) is 0 Å². The van der Waals surface area contributed by atoms with Gasteiger partial charge in [-0.25, -0.2) is 0 Å². The number of aryl methyl sites for hydroxylation is 1. The van der Waals surface area contributed by atoms with Crippen LogP contribution in [-0.2, 0) is 10.1 Å². The molecule has 0 atom stereocenters. The highest BCUT2D eigenvalue weighted by Crippen LogP contribution is 2.34. The van der Waals surface area contributed by atoms with E-state index < -0.39 is 21.4 Å². The lowest BCUT2D eigenvalue weighted by Crippen LogP contribution is -2.28. The maximum Gasteiger partial charge on any atom is 0.534 e. The summed E-state index contributed by atoms with van der Waals surface area (Å²) in [6.07, 6.45) is 3.35. The molecular formula is C33H25Cl2F3N2O5S. The number of hydrogen-bond acceptors (Lipinski definition) is 7. The number of aromatic hydroxyl groups is 2. The topological polar surface area (TPSA) is 110 Å². The van der Waals surface area contributed by atoms with Crippen LogP contribution < -0.4 is 4.18 Å². The van der Waals surface area contributed by atoms with Crippen LogP contribution in [0.5, 0.6) is 17.2 Å². The second kappa shape index (κ2) is 14.7. The van der Waals surface area contributed by atoms with Gasteiger partial charge in [0, 0.05) is 34.3 Å². The summed E-state index contributed by atoms with van der Waals surface area (Å²) in [5.74, 6) is 0.0425. The maximum absolute atomic E-state index is 12.4. The van der Waals surface area contributed by atoms with Crippen LogP contribution in [0.25, 0.3) is 44.1 Å². The Balaban J connectivity index is 0.000000201.